The zero-order chi connectivity index (χ0) is 22.0. The van der Waals surface area contributed by atoms with E-state index in [0.29, 0.717) is 27.8 Å². The van der Waals surface area contributed by atoms with Gasteiger partial charge in [-0.25, -0.2) is 0 Å². The molecule has 2 amide bonds. The third-order valence-corrected chi connectivity index (χ3v) is 6.73. The Kier molecular flexibility index (Phi) is 6.85. The summed E-state index contributed by atoms with van der Waals surface area (Å²) in [5, 5.41) is 3.99. The van der Waals surface area contributed by atoms with Crippen molar-refractivity contribution in [2.24, 2.45) is 11.7 Å². The largest absolute Gasteiger partial charge is 0.335 e. The number of halogens is 2. The van der Waals surface area contributed by atoms with E-state index in [2.05, 4.69) is 5.32 Å². The van der Waals surface area contributed by atoms with Gasteiger partial charge in [0.1, 0.15) is 0 Å². The Labute approximate surface area is 192 Å². The van der Waals surface area contributed by atoms with E-state index >= 15 is 0 Å². The third kappa shape index (κ3) is 5.59. The van der Waals surface area contributed by atoms with Crippen LogP contribution in [0, 0.1) is 5.92 Å². The van der Waals surface area contributed by atoms with Crippen LogP contribution < -0.4 is 11.1 Å². The minimum absolute atomic E-state index is 0.139. The van der Waals surface area contributed by atoms with Crippen LogP contribution in [0.4, 0.5) is 5.69 Å². The molecule has 2 aromatic rings. The molecule has 0 bridgehead atoms. The number of rotatable bonds is 6. The number of nitrogens with one attached hydrogen (secondary N) is 1. The van der Waals surface area contributed by atoms with Gasteiger partial charge in [0.15, 0.2) is 0 Å². The number of carbonyl (C=O) groups excluding carboxylic acids is 2. The second-order valence-electron chi connectivity index (χ2n) is 8.58. The van der Waals surface area contributed by atoms with Crippen molar-refractivity contribution in [3.63, 3.8) is 0 Å². The van der Waals surface area contributed by atoms with Gasteiger partial charge in [0.2, 0.25) is 5.91 Å². The first-order valence-corrected chi connectivity index (χ1v) is 11.6. The second-order valence-corrected chi connectivity index (χ2v) is 9.42. The van der Waals surface area contributed by atoms with E-state index in [4.69, 9.17) is 28.9 Å². The average molecular weight is 460 g/mol. The fourth-order valence-corrected chi connectivity index (χ4v) is 4.52. The summed E-state index contributed by atoms with van der Waals surface area (Å²) in [6.07, 6.45) is 5.63. The Morgan fingerprint density at radius 3 is 2.42 bits per heavy atom. The molecule has 2 aliphatic rings. The summed E-state index contributed by atoms with van der Waals surface area (Å²) in [5.74, 6) is 0.105. The predicted octanol–water partition coefficient (Wildman–Crippen LogP) is 5.25. The van der Waals surface area contributed by atoms with Crippen molar-refractivity contribution in [3.8, 4) is 0 Å². The highest BCUT2D eigenvalue weighted by Gasteiger charge is 2.37. The highest BCUT2D eigenvalue weighted by molar-refractivity contribution is 6.31. The van der Waals surface area contributed by atoms with Gasteiger partial charge in [-0.2, -0.15) is 0 Å². The van der Waals surface area contributed by atoms with Crippen molar-refractivity contribution in [3.05, 3.63) is 63.6 Å². The van der Waals surface area contributed by atoms with E-state index in [1.807, 2.05) is 11.0 Å². The predicted molar refractivity (Wildman–Crippen MR) is 124 cm³/mol. The fourth-order valence-electron chi connectivity index (χ4n) is 4.16. The molecule has 2 aromatic carbocycles. The van der Waals surface area contributed by atoms with Crippen LogP contribution >= 0.6 is 23.2 Å². The van der Waals surface area contributed by atoms with Crippen molar-refractivity contribution < 1.29 is 9.59 Å². The fraction of sp³-hybridized carbons (Fsp3) is 0.417. The molecule has 0 aliphatic heterocycles. The van der Waals surface area contributed by atoms with E-state index in [-0.39, 0.29) is 29.8 Å². The van der Waals surface area contributed by atoms with Crippen LogP contribution in [0.1, 0.15) is 54.4 Å². The lowest BCUT2D eigenvalue weighted by molar-refractivity contribution is -0.136. The second kappa shape index (κ2) is 9.60. The SMILES string of the molecule is NC1CCC(N(Cc2cc(NC(=O)c3cccc(Cl)c3)ccc2Cl)C(=O)C2CC2)CC1. The van der Waals surface area contributed by atoms with E-state index in [1.165, 1.54) is 0 Å². The lowest BCUT2D eigenvalue weighted by Crippen LogP contribution is -2.44. The number of carbonyl (C=O) groups is 2. The van der Waals surface area contributed by atoms with Gasteiger partial charge in [0, 0.05) is 45.8 Å². The Morgan fingerprint density at radius 2 is 1.74 bits per heavy atom. The molecule has 2 fully saturated rings. The molecule has 2 saturated carbocycles. The minimum Gasteiger partial charge on any atom is -0.335 e. The van der Waals surface area contributed by atoms with Gasteiger partial charge in [-0.05, 0) is 80.5 Å². The average Bonchev–Trinajstić information content (AvgIpc) is 3.60. The van der Waals surface area contributed by atoms with Crippen molar-refractivity contribution in [2.45, 2.75) is 57.2 Å². The van der Waals surface area contributed by atoms with Crippen molar-refractivity contribution in [2.75, 3.05) is 5.32 Å². The molecule has 0 atom stereocenters. The van der Waals surface area contributed by atoms with Gasteiger partial charge in [0.25, 0.3) is 5.91 Å². The molecule has 0 heterocycles. The molecule has 3 N–H and O–H groups in total. The highest BCUT2D eigenvalue weighted by Crippen LogP contribution is 2.35. The first-order valence-electron chi connectivity index (χ1n) is 10.8. The quantitative estimate of drug-likeness (QED) is 0.618. The Hall–Kier alpha value is -2.08. The number of hydrogen-bond acceptors (Lipinski definition) is 3. The van der Waals surface area contributed by atoms with Crippen LogP contribution in [0.3, 0.4) is 0 Å². The van der Waals surface area contributed by atoms with Crippen LogP contribution in [0.2, 0.25) is 10.0 Å². The number of anilines is 1. The van der Waals surface area contributed by atoms with Crippen LogP contribution in [-0.2, 0) is 11.3 Å². The Bertz CT molecular complexity index is 969. The van der Waals surface area contributed by atoms with Gasteiger partial charge in [-0.3, -0.25) is 9.59 Å². The lowest BCUT2D eigenvalue weighted by atomic mass is 9.90. The van der Waals surface area contributed by atoms with Crippen molar-refractivity contribution >= 4 is 40.7 Å². The molecule has 0 saturated heterocycles. The summed E-state index contributed by atoms with van der Waals surface area (Å²) in [5.41, 5.74) is 8.01. The normalized spacial score (nSPS) is 20.9. The van der Waals surface area contributed by atoms with E-state index in [0.717, 1.165) is 44.1 Å². The number of nitrogens with zero attached hydrogens (tertiary/aromatic N) is 1. The van der Waals surface area contributed by atoms with Gasteiger partial charge < -0.3 is 16.0 Å². The number of amides is 2. The molecule has 4 rings (SSSR count). The minimum atomic E-state index is -0.247. The van der Waals surface area contributed by atoms with Gasteiger partial charge in [-0.1, -0.05) is 29.3 Å². The zero-order valence-electron chi connectivity index (χ0n) is 17.3. The van der Waals surface area contributed by atoms with Crippen LogP contribution in [-0.4, -0.2) is 28.8 Å². The summed E-state index contributed by atoms with van der Waals surface area (Å²) in [6, 6.07) is 12.6. The summed E-state index contributed by atoms with van der Waals surface area (Å²) < 4.78 is 0. The highest BCUT2D eigenvalue weighted by atomic mass is 35.5. The van der Waals surface area contributed by atoms with Gasteiger partial charge in [-0.15, -0.1) is 0 Å². The molecule has 0 aromatic heterocycles. The first kappa shape index (κ1) is 22.1. The topological polar surface area (TPSA) is 75.4 Å². The molecule has 164 valence electrons. The summed E-state index contributed by atoms with van der Waals surface area (Å²) in [7, 11) is 0. The van der Waals surface area contributed by atoms with Crippen LogP contribution in [0.25, 0.3) is 0 Å². The number of hydrogen-bond donors (Lipinski definition) is 2. The smallest absolute Gasteiger partial charge is 0.255 e. The molecular weight excluding hydrogens is 433 g/mol. The maximum atomic E-state index is 13.1. The molecule has 2 aliphatic carbocycles. The molecule has 5 nitrogen and oxygen atoms in total. The summed E-state index contributed by atoms with van der Waals surface area (Å²) in [6.45, 7) is 0.439. The molecule has 31 heavy (non-hydrogen) atoms. The zero-order valence-corrected chi connectivity index (χ0v) is 18.8. The summed E-state index contributed by atoms with van der Waals surface area (Å²) in [4.78, 5) is 27.6. The van der Waals surface area contributed by atoms with E-state index in [9.17, 15) is 9.59 Å². The summed E-state index contributed by atoms with van der Waals surface area (Å²) >= 11 is 12.5. The van der Waals surface area contributed by atoms with Gasteiger partial charge in [0.05, 0.1) is 0 Å². The first-order chi connectivity index (χ1) is 14.9. The Morgan fingerprint density at radius 1 is 1.00 bits per heavy atom. The lowest BCUT2D eigenvalue weighted by Gasteiger charge is -2.36. The van der Waals surface area contributed by atoms with Crippen LogP contribution in [0.5, 0.6) is 0 Å². The molecule has 7 heteroatoms. The van der Waals surface area contributed by atoms with E-state index < -0.39 is 0 Å². The maximum Gasteiger partial charge on any atom is 0.255 e. The van der Waals surface area contributed by atoms with Crippen molar-refractivity contribution in [1.82, 2.24) is 4.90 Å². The monoisotopic (exact) mass is 459 g/mol. The van der Waals surface area contributed by atoms with Crippen molar-refractivity contribution in [1.29, 1.82) is 0 Å². The molecular formula is C24H27Cl2N3O2. The number of nitrogens with two attached hydrogens (primary N) is 1. The maximum absolute atomic E-state index is 13.1. The Balaban J connectivity index is 1.52. The molecule has 0 unspecified atom stereocenters. The van der Waals surface area contributed by atoms with E-state index in [1.54, 1.807) is 36.4 Å². The third-order valence-electron chi connectivity index (χ3n) is 6.12. The van der Waals surface area contributed by atoms with Crippen LogP contribution in [0.15, 0.2) is 42.5 Å². The standard InChI is InChI=1S/C24H27Cl2N3O2/c25-18-3-1-2-16(12-18)23(30)28-20-8-11-22(26)17(13-20)14-29(24(31)15-4-5-15)21-9-6-19(27)7-10-21/h1-3,8,11-13,15,19,21H,4-7,9-10,14,27H2,(H,28,30). The number of benzene rings is 2. The van der Waals surface area contributed by atoms with Gasteiger partial charge >= 0.3 is 0 Å². The molecule has 0 spiro atoms. The molecule has 0 radical (unpaired) electrons.